The van der Waals surface area contributed by atoms with Crippen molar-refractivity contribution in [2.45, 2.75) is 6.92 Å². The van der Waals surface area contributed by atoms with Crippen LogP contribution in [0.2, 0.25) is 0 Å². The Hall–Kier alpha value is -1.58. The number of nitriles is 1. The minimum absolute atomic E-state index is 0.308. The first-order valence-corrected chi connectivity index (χ1v) is 5.10. The van der Waals surface area contributed by atoms with Gasteiger partial charge in [0.2, 0.25) is 0 Å². The third kappa shape index (κ3) is 2.68. The molecule has 1 rings (SSSR count). The van der Waals surface area contributed by atoms with Crippen molar-refractivity contribution >= 4 is 17.0 Å². The first-order chi connectivity index (χ1) is 7.08. The van der Waals surface area contributed by atoms with Gasteiger partial charge in [0.25, 0.3) is 0 Å². The maximum atomic E-state index is 10.4. The van der Waals surface area contributed by atoms with E-state index in [1.165, 1.54) is 19.2 Å². The summed E-state index contributed by atoms with van der Waals surface area (Å²) in [5, 5.41) is 8.81. The van der Waals surface area contributed by atoms with Gasteiger partial charge in [-0.2, -0.15) is 5.26 Å². The number of benzene rings is 1. The summed E-state index contributed by atoms with van der Waals surface area (Å²) >= 11 is -2.41. The summed E-state index contributed by atoms with van der Waals surface area (Å²) in [4.78, 5) is 0. The van der Waals surface area contributed by atoms with Crippen molar-refractivity contribution in [1.29, 1.82) is 5.26 Å². The molecule has 15 heavy (non-hydrogen) atoms. The van der Waals surface area contributed by atoms with Crippen LogP contribution in [0.4, 0.5) is 5.69 Å². The van der Waals surface area contributed by atoms with Gasteiger partial charge in [-0.15, -0.1) is 0 Å². The van der Waals surface area contributed by atoms with Gasteiger partial charge in [-0.25, -0.2) is 0 Å². The second-order valence-corrected chi connectivity index (χ2v) is 3.47. The fraction of sp³-hybridized carbons (Fsp3) is 0.222. The SMILES string of the molecule is COc1cc(NS(=O)[O-])cc(C#N)c1C. The number of anilines is 1. The van der Waals surface area contributed by atoms with Gasteiger partial charge in [0.05, 0.1) is 24.4 Å². The van der Waals surface area contributed by atoms with E-state index in [-0.39, 0.29) is 0 Å². The van der Waals surface area contributed by atoms with E-state index in [2.05, 4.69) is 4.72 Å². The summed E-state index contributed by atoms with van der Waals surface area (Å²) < 4.78 is 28.0. The largest absolute Gasteiger partial charge is 0.755 e. The van der Waals surface area contributed by atoms with E-state index in [1.807, 2.05) is 6.07 Å². The lowest BCUT2D eigenvalue weighted by atomic mass is 10.1. The van der Waals surface area contributed by atoms with E-state index in [0.29, 0.717) is 22.6 Å². The quantitative estimate of drug-likeness (QED) is 0.780. The molecule has 0 aromatic heterocycles. The van der Waals surface area contributed by atoms with E-state index < -0.39 is 11.3 Å². The number of hydrogen-bond acceptors (Lipinski definition) is 4. The molecule has 1 aromatic rings. The van der Waals surface area contributed by atoms with E-state index in [9.17, 15) is 8.76 Å². The van der Waals surface area contributed by atoms with Crippen LogP contribution in [0.15, 0.2) is 12.1 Å². The first kappa shape index (κ1) is 11.5. The Balaban J connectivity index is 3.22. The summed E-state index contributed by atoms with van der Waals surface area (Å²) in [6.45, 7) is 1.73. The molecule has 1 atom stereocenters. The van der Waals surface area contributed by atoms with E-state index in [4.69, 9.17) is 10.00 Å². The van der Waals surface area contributed by atoms with Crippen LogP contribution in [-0.4, -0.2) is 15.9 Å². The smallest absolute Gasteiger partial charge is 0.125 e. The molecule has 0 fully saturated rings. The summed E-state index contributed by atoms with van der Waals surface area (Å²) in [7, 11) is 1.46. The molecular weight excluding hydrogens is 216 g/mol. The lowest BCUT2D eigenvalue weighted by molar-refractivity contribution is 0.412. The molecule has 5 nitrogen and oxygen atoms in total. The van der Waals surface area contributed by atoms with Crippen molar-refractivity contribution in [1.82, 2.24) is 0 Å². The predicted octanol–water partition coefficient (Wildman–Crippen LogP) is 1.08. The molecule has 80 valence electrons. The van der Waals surface area contributed by atoms with Crippen LogP contribution in [-0.2, 0) is 11.3 Å². The van der Waals surface area contributed by atoms with Gasteiger partial charge in [-0.1, -0.05) is 0 Å². The third-order valence-electron chi connectivity index (χ3n) is 1.90. The Kier molecular flexibility index (Phi) is 3.66. The lowest BCUT2D eigenvalue weighted by Gasteiger charge is -2.12. The Morgan fingerprint density at radius 3 is 2.73 bits per heavy atom. The minimum atomic E-state index is -2.41. The molecule has 0 saturated carbocycles. The Labute approximate surface area is 90.1 Å². The number of nitrogens with zero attached hydrogens (tertiary/aromatic N) is 1. The molecule has 6 heteroatoms. The second-order valence-electron chi connectivity index (χ2n) is 2.80. The average Bonchev–Trinajstić information content (AvgIpc) is 2.19. The van der Waals surface area contributed by atoms with Crippen molar-refractivity contribution in [2.24, 2.45) is 0 Å². The Morgan fingerprint density at radius 1 is 1.60 bits per heavy atom. The molecule has 0 radical (unpaired) electrons. The van der Waals surface area contributed by atoms with Crippen molar-refractivity contribution in [3.05, 3.63) is 23.3 Å². The molecule has 1 unspecified atom stereocenters. The number of nitrogens with one attached hydrogen (secondary N) is 1. The summed E-state index contributed by atoms with van der Waals surface area (Å²) in [6.07, 6.45) is 0. The molecule has 0 aliphatic heterocycles. The highest BCUT2D eigenvalue weighted by atomic mass is 32.2. The monoisotopic (exact) mass is 225 g/mol. The molecular formula is C9H9N2O3S-. The number of rotatable bonds is 3. The maximum absolute atomic E-state index is 10.4. The topological polar surface area (TPSA) is 85.2 Å². The average molecular weight is 225 g/mol. The lowest BCUT2D eigenvalue weighted by Crippen LogP contribution is -2.03. The van der Waals surface area contributed by atoms with Gasteiger partial charge in [-0.3, -0.25) is 4.21 Å². The number of ether oxygens (including phenoxy) is 1. The molecule has 0 amide bonds. The molecule has 0 aliphatic carbocycles. The Morgan fingerprint density at radius 2 is 2.27 bits per heavy atom. The summed E-state index contributed by atoms with van der Waals surface area (Å²) in [5.41, 5.74) is 1.37. The summed E-state index contributed by atoms with van der Waals surface area (Å²) in [6, 6.07) is 4.93. The van der Waals surface area contributed by atoms with Gasteiger partial charge in [-0.05, 0) is 13.0 Å². The zero-order valence-corrected chi connectivity index (χ0v) is 9.05. The predicted molar refractivity (Wildman–Crippen MR) is 55.0 cm³/mol. The fourth-order valence-electron chi connectivity index (χ4n) is 1.17. The van der Waals surface area contributed by atoms with Crippen LogP contribution in [0.5, 0.6) is 5.75 Å². The highest BCUT2D eigenvalue weighted by Gasteiger charge is 2.07. The molecule has 0 aliphatic rings. The molecule has 1 aromatic carbocycles. The maximum Gasteiger partial charge on any atom is 0.125 e. The summed E-state index contributed by atoms with van der Waals surface area (Å²) in [5.74, 6) is 0.474. The minimum Gasteiger partial charge on any atom is -0.755 e. The van der Waals surface area contributed by atoms with Crippen molar-refractivity contribution in [2.75, 3.05) is 11.8 Å². The van der Waals surface area contributed by atoms with E-state index >= 15 is 0 Å². The normalized spacial score (nSPS) is 11.6. The number of methoxy groups -OCH3 is 1. The standard InChI is InChI=1S/C9H10N2O3S/c1-6-7(5-10)3-8(11-15(12)13)4-9(6)14-2/h3-4,11H,1-2H3,(H,12,13)/p-1. The molecule has 0 heterocycles. The molecule has 0 spiro atoms. The van der Waals surface area contributed by atoms with Gasteiger partial charge < -0.3 is 14.0 Å². The van der Waals surface area contributed by atoms with Crippen molar-refractivity contribution in [3.63, 3.8) is 0 Å². The van der Waals surface area contributed by atoms with Crippen LogP contribution in [0.25, 0.3) is 0 Å². The van der Waals surface area contributed by atoms with Gasteiger partial charge in [0.15, 0.2) is 0 Å². The van der Waals surface area contributed by atoms with E-state index in [0.717, 1.165) is 0 Å². The van der Waals surface area contributed by atoms with Crippen molar-refractivity contribution < 1.29 is 13.5 Å². The second kappa shape index (κ2) is 4.77. The molecule has 1 N–H and O–H groups in total. The van der Waals surface area contributed by atoms with Crippen LogP contribution in [0, 0.1) is 18.3 Å². The molecule has 0 saturated heterocycles. The van der Waals surface area contributed by atoms with Gasteiger partial charge in [0.1, 0.15) is 5.75 Å². The van der Waals surface area contributed by atoms with Crippen molar-refractivity contribution in [3.8, 4) is 11.8 Å². The van der Waals surface area contributed by atoms with Crippen LogP contribution in [0.1, 0.15) is 11.1 Å². The van der Waals surface area contributed by atoms with Crippen LogP contribution in [0.3, 0.4) is 0 Å². The zero-order chi connectivity index (χ0) is 11.4. The fourth-order valence-corrected chi connectivity index (χ4v) is 1.48. The third-order valence-corrected chi connectivity index (χ3v) is 2.30. The highest BCUT2D eigenvalue weighted by molar-refractivity contribution is 7.80. The number of hydrogen-bond donors (Lipinski definition) is 1. The zero-order valence-electron chi connectivity index (χ0n) is 8.23. The first-order valence-electron chi connectivity index (χ1n) is 4.03. The van der Waals surface area contributed by atoms with E-state index in [1.54, 1.807) is 6.92 Å². The Bertz CT molecular complexity index is 440. The van der Waals surface area contributed by atoms with Gasteiger partial charge in [0, 0.05) is 22.9 Å². The van der Waals surface area contributed by atoms with Crippen LogP contribution >= 0.6 is 0 Å². The highest BCUT2D eigenvalue weighted by Crippen LogP contribution is 2.26. The van der Waals surface area contributed by atoms with Crippen LogP contribution < -0.4 is 9.46 Å². The van der Waals surface area contributed by atoms with Gasteiger partial charge >= 0.3 is 0 Å². The molecule has 0 bridgehead atoms.